The molecule has 0 spiro atoms. The van der Waals surface area contributed by atoms with Gasteiger partial charge in [0.25, 0.3) is 0 Å². The van der Waals surface area contributed by atoms with Crippen LogP contribution in [0.15, 0.2) is 206 Å². The Morgan fingerprint density at radius 2 is 0.745 bits per heavy atom. The van der Waals surface area contributed by atoms with E-state index in [1.54, 1.807) is 0 Å². The van der Waals surface area contributed by atoms with Crippen LogP contribution in [0, 0.1) is 0 Å². The number of nitrogens with zero attached hydrogens (tertiary/aromatic N) is 3. The Morgan fingerprint density at radius 3 is 1.25 bits per heavy atom. The summed E-state index contributed by atoms with van der Waals surface area (Å²) in [4.78, 5) is 14.7. The van der Waals surface area contributed by atoms with Gasteiger partial charge in [-0.1, -0.05) is 200 Å². The van der Waals surface area contributed by atoms with Crippen molar-refractivity contribution in [3.05, 3.63) is 234 Å². The van der Waals surface area contributed by atoms with Crippen molar-refractivity contribution in [2.45, 2.75) is 18.3 Å². The summed E-state index contributed by atoms with van der Waals surface area (Å²) in [5.41, 5.74) is 15.7. The van der Waals surface area contributed by atoms with Crippen LogP contribution in [-0.2, 0) is 5.41 Å². The molecule has 7 aromatic carbocycles. The van der Waals surface area contributed by atoms with E-state index in [1.807, 2.05) is 60.7 Å². The molecule has 0 unspecified atom stereocenters. The van der Waals surface area contributed by atoms with Gasteiger partial charge in [-0.15, -0.1) is 0 Å². The summed E-state index contributed by atoms with van der Waals surface area (Å²) in [6, 6.07) is 69.0. The Kier molecular flexibility index (Phi) is 8.18. The molecule has 10 rings (SSSR count). The monoisotopic (exact) mass is 703 g/mol. The Hall–Kier alpha value is -6.97. The van der Waals surface area contributed by atoms with Crippen LogP contribution < -0.4 is 0 Å². The molecule has 0 saturated carbocycles. The number of fused-ring (bicyclic) bond motifs is 2. The lowest BCUT2D eigenvalue weighted by Gasteiger charge is -2.36. The van der Waals surface area contributed by atoms with Crippen LogP contribution in [0.4, 0.5) is 0 Å². The third kappa shape index (κ3) is 5.73. The van der Waals surface area contributed by atoms with Gasteiger partial charge < -0.3 is 0 Å². The van der Waals surface area contributed by atoms with E-state index in [-0.39, 0.29) is 5.41 Å². The molecule has 3 heteroatoms. The molecule has 0 aliphatic heterocycles. The molecule has 0 amide bonds. The molecule has 8 aromatic rings. The maximum Gasteiger partial charge on any atom is 0.164 e. The van der Waals surface area contributed by atoms with Crippen LogP contribution in [0.25, 0.3) is 56.4 Å². The minimum atomic E-state index is -0.371. The van der Waals surface area contributed by atoms with E-state index in [4.69, 9.17) is 15.0 Å². The van der Waals surface area contributed by atoms with Gasteiger partial charge >= 0.3 is 0 Å². The molecule has 3 nitrogen and oxygen atoms in total. The normalized spacial score (nSPS) is 14.2. The first-order chi connectivity index (χ1) is 27.3. The van der Waals surface area contributed by atoms with Gasteiger partial charge in [-0.25, -0.2) is 15.0 Å². The lowest BCUT2D eigenvalue weighted by atomic mass is 9.66. The summed E-state index contributed by atoms with van der Waals surface area (Å²) in [5.74, 6) is 1.98. The summed E-state index contributed by atoms with van der Waals surface area (Å²) < 4.78 is 0. The number of hydrogen-bond acceptors (Lipinski definition) is 3. The van der Waals surface area contributed by atoms with Crippen molar-refractivity contribution >= 4 is 11.1 Å². The van der Waals surface area contributed by atoms with Crippen LogP contribution in [0.3, 0.4) is 0 Å². The highest BCUT2D eigenvalue weighted by atomic mass is 15.0. The lowest BCUT2D eigenvalue weighted by Crippen LogP contribution is -2.29. The highest BCUT2D eigenvalue weighted by Gasteiger charge is 2.47. The van der Waals surface area contributed by atoms with Gasteiger partial charge in [-0.05, 0) is 68.5 Å². The van der Waals surface area contributed by atoms with Gasteiger partial charge in [0.2, 0.25) is 0 Å². The summed E-state index contributed by atoms with van der Waals surface area (Å²) in [6.45, 7) is 0. The lowest BCUT2D eigenvalue weighted by molar-refractivity contribution is 0.758. The number of allylic oxidation sites excluding steroid dienone is 4. The predicted octanol–water partition coefficient (Wildman–Crippen LogP) is 12.5. The van der Waals surface area contributed by atoms with E-state index < -0.39 is 0 Å². The summed E-state index contributed by atoms with van der Waals surface area (Å²) in [7, 11) is 0. The second-order valence-electron chi connectivity index (χ2n) is 14.3. The minimum Gasteiger partial charge on any atom is -0.208 e. The van der Waals surface area contributed by atoms with E-state index in [2.05, 4.69) is 140 Å². The van der Waals surface area contributed by atoms with Gasteiger partial charge in [0.15, 0.2) is 17.5 Å². The summed E-state index contributed by atoms with van der Waals surface area (Å²) in [5, 5.41) is 0. The van der Waals surface area contributed by atoms with Crippen molar-refractivity contribution in [1.82, 2.24) is 15.0 Å². The standard InChI is InChI=1S/C52H37N3/c1-5-15-39(16-6-1)49-53-50(40-17-7-2-8-18-40)55-51(54-49)41-31-29-37(30-32-41)36-25-27-38(28-26-36)42-33-34-46-45-23-13-14-24-47(45)52(48(46)35-42,43-19-9-3-10-20-43)44-21-11-4-12-22-44/h1-32,35H,33-34H2. The minimum absolute atomic E-state index is 0.371. The third-order valence-electron chi connectivity index (χ3n) is 11.2. The van der Waals surface area contributed by atoms with E-state index in [1.165, 1.54) is 50.1 Å². The summed E-state index contributed by atoms with van der Waals surface area (Å²) in [6.07, 6.45) is 4.52. The fourth-order valence-corrected chi connectivity index (χ4v) is 8.58. The predicted molar refractivity (Wildman–Crippen MR) is 225 cm³/mol. The van der Waals surface area contributed by atoms with Crippen LogP contribution >= 0.6 is 0 Å². The fraction of sp³-hybridized carbons (Fsp3) is 0.0577. The second-order valence-corrected chi connectivity index (χ2v) is 14.3. The molecular weight excluding hydrogens is 667 g/mol. The molecule has 1 aromatic heterocycles. The topological polar surface area (TPSA) is 38.7 Å². The van der Waals surface area contributed by atoms with Crippen molar-refractivity contribution < 1.29 is 0 Å². The molecule has 2 aliphatic carbocycles. The molecule has 0 bridgehead atoms. The summed E-state index contributed by atoms with van der Waals surface area (Å²) >= 11 is 0. The number of rotatable bonds is 7. The average Bonchev–Trinajstić information content (AvgIpc) is 3.58. The average molecular weight is 704 g/mol. The first-order valence-corrected chi connectivity index (χ1v) is 19.0. The molecule has 0 saturated heterocycles. The van der Waals surface area contributed by atoms with E-state index in [9.17, 15) is 0 Å². The molecule has 0 atom stereocenters. The Bertz CT molecular complexity index is 2600. The van der Waals surface area contributed by atoms with Gasteiger partial charge in [-0.2, -0.15) is 0 Å². The fourth-order valence-electron chi connectivity index (χ4n) is 8.58. The van der Waals surface area contributed by atoms with E-state index >= 15 is 0 Å². The SMILES string of the molecule is C1=C(c2ccc(-c3ccc(-c4nc(-c5ccccc5)nc(-c5ccccc5)n4)cc3)cc2)CCC2=C1C(c1ccccc1)(c1ccccc1)c1ccccc12. The van der Waals surface area contributed by atoms with Crippen molar-refractivity contribution in [3.8, 4) is 45.3 Å². The van der Waals surface area contributed by atoms with Crippen molar-refractivity contribution in [3.63, 3.8) is 0 Å². The Balaban J connectivity index is 0.987. The molecule has 2 aliphatic rings. The smallest absolute Gasteiger partial charge is 0.164 e. The third-order valence-corrected chi connectivity index (χ3v) is 11.2. The molecular formula is C52H37N3. The van der Waals surface area contributed by atoms with Crippen LogP contribution in [0.1, 0.15) is 40.7 Å². The first kappa shape index (κ1) is 32.7. The number of hydrogen-bond donors (Lipinski definition) is 0. The van der Waals surface area contributed by atoms with Crippen molar-refractivity contribution in [2.24, 2.45) is 0 Å². The number of benzene rings is 7. The van der Waals surface area contributed by atoms with Crippen LogP contribution in [-0.4, -0.2) is 15.0 Å². The van der Waals surface area contributed by atoms with Crippen molar-refractivity contribution in [2.75, 3.05) is 0 Å². The van der Waals surface area contributed by atoms with E-state index in [0.717, 1.165) is 35.1 Å². The molecule has 0 N–H and O–H groups in total. The largest absolute Gasteiger partial charge is 0.208 e. The zero-order chi connectivity index (χ0) is 36.6. The quantitative estimate of drug-likeness (QED) is 0.166. The van der Waals surface area contributed by atoms with Crippen LogP contribution in [0.2, 0.25) is 0 Å². The highest BCUT2D eigenvalue weighted by Crippen LogP contribution is 2.58. The molecule has 0 radical (unpaired) electrons. The molecule has 55 heavy (non-hydrogen) atoms. The van der Waals surface area contributed by atoms with Gasteiger partial charge in [0.05, 0.1) is 5.41 Å². The van der Waals surface area contributed by atoms with Crippen molar-refractivity contribution in [1.29, 1.82) is 0 Å². The maximum atomic E-state index is 4.92. The molecule has 0 fully saturated rings. The zero-order valence-electron chi connectivity index (χ0n) is 30.3. The number of aromatic nitrogens is 3. The van der Waals surface area contributed by atoms with Gasteiger partial charge in [0, 0.05) is 16.7 Å². The maximum absolute atomic E-state index is 4.92. The van der Waals surface area contributed by atoms with Gasteiger partial charge in [-0.3, -0.25) is 0 Å². The van der Waals surface area contributed by atoms with Gasteiger partial charge in [0.1, 0.15) is 0 Å². The van der Waals surface area contributed by atoms with Crippen LogP contribution in [0.5, 0.6) is 0 Å². The Labute approximate surface area is 322 Å². The zero-order valence-corrected chi connectivity index (χ0v) is 30.3. The Morgan fingerprint density at radius 1 is 0.345 bits per heavy atom. The first-order valence-electron chi connectivity index (χ1n) is 19.0. The van der Waals surface area contributed by atoms with E-state index in [0.29, 0.717) is 17.5 Å². The molecule has 1 heterocycles. The molecule has 260 valence electrons. The second kappa shape index (κ2) is 13.8. The highest BCUT2D eigenvalue weighted by molar-refractivity contribution is 5.92.